The second kappa shape index (κ2) is 4.60. The van der Waals surface area contributed by atoms with Gasteiger partial charge in [0, 0.05) is 26.0 Å². The molecule has 1 saturated heterocycles. The van der Waals surface area contributed by atoms with Gasteiger partial charge in [-0.05, 0) is 18.1 Å². The summed E-state index contributed by atoms with van der Waals surface area (Å²) in [4.78, 5) is 16.6. The van der Waals surface area contributed by atoms with E-state index in [-0.39, 0.29) is 19.1 Å². The first-order chi connectivity index (χ1) is 8.18. The van der Waals surface area contributed by atoms with Crippen LogP contribution in [0.2, 0.25) is 0 Å². The minimum atomic E-state index is -0.938. The highest BCUT2D eigenvalue weighted by atomic mass is 16.5. The Balaban J connectivity index is 1.90. The van der Waals surface area contributed by atoms with E-state index in [2.05, 4.69) is 11.1 Å². The highest BCUT2D eigenvalue weighted by Crippen LogP contribution is 2.28. The van der Waals surface area contributed by atoms with E-state index in [1.165, 1.54) is 0 Å². The van der Waals surface area contributed by atoms with Crippen molar-refractivity contribution in [1.29, 1.82) is 5.26 Å². The molecule has 1 aliphatic rings. The summed E-state index contributed by atoms with van der Waals surface area (Å²) in [6.07, 6.45) is 4.55. The van der Waals surface area contributed by atoms with Crippen LogP contribution in [0.15, 0.2) is 18.5 Å². The average molecular weight is 233 g/mol. The van der Waals surface area contributed by atoms with E-state index in [9.17, 15) is 4.79 Å². The number of hydrogen-bond donors (Lipinski definition) is 1. The van der Waals surface area contributed by atoms with Crippen LogP contribution in [0.3, 0.4) is 0 Å². The molecule has 0 radical (unpaired) electrons. The smallest absolute Gasteiger partial charge is 0.247 e. The van der Waals surface area contributed by atoms with Crippen LogP contribution in [0, 0.1) is 16.7 Å². The van der Waals surface area contributed by atoms with Gasteiger partial charge in [0.2, 0.25) is 5.91 Å². The van der Waals surface area contributed by atoms with Gasteiger partial charge in [0.15, 0.2) is 5.41 Å². The van der Waals surface area contributed by atoms with Crippen molar-refractivity contribution in [2.75, 3.05) is 26.8 Å². The molecule has 0 bridgehead atoms. The van der Waals surface area contributed by atoms with Crippen molar-refractivity contribution in [2.24, 2.45) is 5.41 Å². The SMILES string of the molecule is CN(CCc1cc[nH]c1)C(=O)C1(C#N)COC1. The molecule has 1 N–H and O–H groups in total. The summed E-state index contributed by atoms with van der Waals surface area (Å²) in [6.45, 7) is 1.05. The molecule has 2 heterocycles. The molecule has 1 aromatic heterocycles. The third-order valence-electron chi connectivity index (χ3n) is 3.07. The van der Waals surface area contributed by atoms with E-state index in [1.54, 1.807) is 11.9 Å². The van der Waals surface area contributed by atoms with Gasteiger partial charge in [-0.15, -0.1) is 0 Å². The molecule has 0 saturated carbocycles. The van der Waals surface area contributed by atoms with Crippen molar-refractivity contribution in [3.8, 4) is 6.07 Å². The van der Waals surface area contributed by atoms with Crippen molar-refractivity contribution in [3.05, 3.63) is 24.0 Å². The van der Waals surface area contributed by atoms with Gasteiger partial charge in [-0.25, -0.2) is 0 Å². The van der Waals surface area contributed by atoms with E-state index < -0.39 is 5.41 Å². The molecule has 0 aromatic carbocycles. The van der Waals surface area contributed by atoms with Gasteiger partial charge in [-0.1, -0.05) is 0 Å². The molecule has 0 aliphatic carbocycles. The molecule has 90 valence electrons. The summed E-state index contributed by atoms with van der Waals surface area (Å²) in [5, 5.41) is 9.03. The first-order valence-corrected chi connectivity index (χ1v) is 5.54. The number of nitrogens with zero attached hydrogens (tertiary/aromatic N) is 2. The molecule has 0 spiro atoms. The Hall–Kier alpha value is -1.80. The maximum absolute atomic E-state index is 12.1. The predicted molar refractivity (Wildman–Crippen MR) is 61.0 cm³/mol. The molecule has 17 heavy (non-hydrogen) atoms. The second-order valence-electron chi connectivity index (χ2n) is 4.38. The zero-order valence-electron chi connectivity index (χ0n) is 9.77. The van der Waals surface area contributed by atoms with Crippen molar-refractivity contribution in [2.45, 2.75) is 6.42 Å². The van der Waals surface area contributed by atoms with Crippen LogP contribution in [0.4, 0.5) is 0 Å². The lowest BCUT2D eigenvalue weighted by molar-refractivity contribution is -0.159. The molecule has 5 nitrogen and oxygen atoms in total. The molecule has 1 aliphatic heterocycles. The third kappa shape index (κ3) is 2.17. The van der Waals surface area contributed by atoms with E-state index in [1.807, 2.05) is 18.5 Å². The van der Waals surface area contributed by atoms with Crippen LogP contribution in [-0.4, -0.2) is 42.6 Å². The summed E-state index contributed by atoms with van der Waals surface area (Å²) in [5.74, 6) is -0.137. The number of nitrogens with one attached hydrogen (secondary N) is 1. The highest BCUT2D eigenvalue weighted by Gasteiger charge is 2.47. The zero-order valence-corrected chi connectivity index (χ0v) is 9.77. The normalized spacial score (nSPS) is 16.9. The molecule has 0 unspecified atom stereocenters. The molecule has 0 atom stereocenters. The standard InChI is InChI=1S/C12H15N3O2/c1-15(5-3-10-2-4-14-6-10)11(16)12(7-13)8-17-9-12/h2,4,6,14H,3,5,8-9H2,1H3. The van der Waals surface area contributed by atoms with Crippen LogP contribution in [0.25, 0.3) is 0 Å². The minimum Gasteiger partial charge on any atom is -0.377 e. The molecular weight excluding hydrogens is 218 g/mol. The summed E-state index contributed by atoms with van der Waals surface area (Å²) in [5.41, 5.74) is 0.216. The Morgan fingerprint density at radius 1 is 1.71 bits per heavy atom. The number of rotatable bonds is 4. The van der Waals surface area contributed by atoms with E-state index >= 15 is 0 Å². The van der Waals surface area contributed by atoms with Crippen LogP contribution in [0.1, 0.15) is 5.56 Å². The Morgan fingerprint density at radius 2 is 2.47 bits per heavy atom. The Kier molecular flexibility index (Phi) is 3.16. The van der Waals surface area contributed by atoms with Crippen molar-refractivity contribution in [3.63, 3.8) is 0 Å². The van der Waals surface area contributed by atoms with Gasteiger partial charge in [0.1, 0.15) is 0 Å². The fourth-order valence-corrected chi connectivity index (χ4v) is 1.82. The number of aromatic nitrogens is 1. The first-order valence-electron chi connectivity index (χ1n) is 5.54. The topological polar surface area (TPSA) is 69.1 Å². The van der Waals surface area contributed by atoms with E-state index in [0.717, 1.165) is 12.0 Å². The maximum atomic E-state index is 12.1. The Bertz CT molecular complexity index is 429. The fourth-order valence-electron chi connectivity index (χ4n) is 1.82. The van der Waals surface area contributed by atoms with Gasteiger partial charge < -0.3 is 14.6 Å². The van der Waals surface area contributed by atoms with Gasteiger partial charge in [0.05, 0.1) is 19.3 Å². The van der Waals surface area contributed by atoms with Gasteiger partial charge in [-0.3, -0.25) is 4.79 Å². The third-order valence-corrected chi connectivity index (χ3v) is 3.07. The number of hydrogen-bond acceptors (Lipinski definition) is 3. The molecule has 2 rings (SSSR count). The highest BCUT2D eigenvalue weighted by molar-refractivity contribution is 5.86. The van der Waals surface area contributed by atoms with Crippen LogP contribution < -0.4 is 0 Å². The van der Waals surface area contributed by atoms with E-state index in [0.29, 0.717) is 6.54 Å². The van der Waals surface area contributed by atoms with Gasteiger partial charge >= 0.3 is 0 Å². The van der Waals surface area contributed by atoms with Crippen LogP contribution >= 0.6 is 0 Å². The lowest BCUT2D eigenvalue weighted by Gasteiger charge is -2.36. The van der Waals surface area contributed by atoms with E-state index in [4.69, 9.17) is 10.00 Å². The quantitative estimate of drug-likeness (QED) is 0.826. The number of nitriles is 1. The monoisotopic (exact) mass is 233 g/mol. The Labute approximate surface area is 100.0 Å². The summed E-state index contributed by atoms with van der Waals surface area (Å²) >= 11 is 0. The molecule has 1 aromatic rings. The molecule has 1 amide bonds. The summed E-state index contributed by atoms with van der Waals surface area (Å²) in [6, 6.07) is 4.04. The Morgan fingerprint density at radius 3 is 2.94 bits per heavy atom. The lowest BCUT2D eigenvalue weighted by atomic mass is 9.86. The van der Waals surface area contributed by atoms with Gasteiger partial charge in [-0.2, -0.15) is 5.26 Å². The zero-order chi connectivity index (χ0) is 12.3. The largest absolute Gasteiger partial charge is 0.377 e. The predicted octanol–water partition coefficient (Wildman–Crippen LogP) is 0.556. The number of likely N-dealkylation sites (N-methyl/N-ethyl adjacent to an activating group) is 1. The number of carbonyl (C=O) groups excluding carboxylic acids is 1. The molecule has 1 fully saturated rings. The minimum absolute atomic E-state index is 0.137. The van der Waals surface area contributed by atoms with Crippen LogP contribution in [-0.2, 0) is 16.0 Å². The van der Waals surface area contributed by atoms with Crippen molar-refractivity contribution >= 4 is 5.91 Å². The number of amides is 1. The second-order valence-corrected chi connectivity index (χ2v) is 4.38. The summed E-state index contributed by atoms with van der Waals surface area (Å²) < 4.78 is 4.98. The molecule has 5 heteroatoms. The fraction of sp³-hybridized carbons (Fsp3) is 0.500. The maximum Gasteiger partial charge on any atom is 0.247 e. The van der Waals surface area contributed by atoms with Crippen molar-refractivity contribution < 1.29 is 9.53 Å². The number of ether oxygens (including phenoxy) is 1. The van der Waals surface area contributed by atoms with Crippen molar-refractivity contribution in [1.82, 2.24) is 9.88 Å². The average Bonchev–Trinajstić information content (AvgIpc) is 2.77. The van der Waals surface area contributed by atoms with Gasteiger partial charge in [0.25, 0.3) is 0 Å². The first kappa shape index (κ1) is 11.7. The summed E-state index contributed by atoms with van der Waals surface area (Å²) in [7, 11) is 1.73. The number of H-pyrrole nitrogens is 1. The van der Waals surface area contributed by atoms with Crippen LogP contribution in [0.5, 0.6) is 0 Å². The molecular formula is C12H15N3O2. The lowest BCUT2D eigenvalue weighted by Crippen LogP contribution is -2.53. The number of carbonyl (C=O) groups is 1. The number of aromatic amines is 1.